The van der Waals surface area contributed by atoms with E-state index >= 15 is 24.0 Å². The summed E-state index contributed by atoms with van der Waals surface area (Å²) in [5, 5.41) is 130. The summed E-state index contributed by atoms with van der Waals surface area (Å²) in [6.07, 6.45) is -16.7. The van der Waals surface area contributed by atoms with Gasteiger partial charge in [0.05, 0.1) is 53.8 Å². The summed E-state index contributed by atoms with van der Waals surface area (Å²) in [6.45, 7) is 9.86. The number of amides is 8. The standard InChI is InChI=1S/C84H105ClN12O27S/c1-9-10-11-24-118-45-15-17-46(18-16-45)125(116,117)90-23-22-89-35-49-39(5)63-47-27-41(12-19-53(47)99)64-78(110)96-68(81(113)94-66(82(114)115)48(63)31-54(49)100)70(104)43-14-21-56(50(85)28-43)121-58-30-44-29-57(73(58)124-83-74(72(106)71(105)59(36-98)122-83)123-62-33-84(7,97-61(102)34-86)75(107)40(6)119-62)120-55-20-13-42(26-38(55)4)69(103)67(95-76(108)51(88-8)25-37(2)3)80(112)91-52(32-60(87)101)77(109)92-65(44)79(111)93-64/h12-21,26-31,37,40,51-52,59,62,64-72,74-75,83,88-90,98-100,103-107H,9-11,22-25,32-36,86H2,1-8H3,(H2,87,101)(H,91,112)(H,92,109)(H,93,111)(H,94,113)(H,95,108)(H,96,110)(H,97,102)(H,114,115)/t40-,51+,52-,59+,62-,64+,65+,66-,67+,68-,69+,70+,71+,72-,74+,75+,83-,84-/m0/s1. The van der Waals surface area contributed by atoms with Crippen molar-refractivity contribution >= 4 is 74.9 Å². The normalized spacial score (nSPS) is 26.1. The highest BCUT2D eigenvalue weighted by molar-refractivity contribution is 7.89. The van der Waals surface area contributed by atoms with Crippen molar-refractivity contribution in [3.05, 3.63) is 147 Å². The van der Waals surface area contributed by atoms with Gasteiger partial charge in [0.15, 0.2) is 29.9 Å². The summed E-state index contributed by atoms with van der Waals surface area (Å²) in [6, 6.07) is 5.24. The van der Waals surface area contributed by atoms with Crippen molar-refractivity contribution in [3.63, 3.8) is 0 Å². The SMILES string of the molecule is CCCCCOc1ccc(S(=O)(=O)NCCNCc2c(O)cc3c(c2C)-c2cc(ccc2O)[C@H]2NC(=O)[C@@H]4NC(=O)[C@H](CC(N)=O)NC(=O)[C@H](NC(=O)[C@@H](CC(C)C)NC)[C@H](O)c5ccc(c(C)c5)Oc5cc4cc(c5O[C@@H]4O[C@H](CO)[C@@H](O)[C@H](O)[C@H]4O[C@H]4C[C@](C)(NC(=O)CN)[C@H](O)[C@H](C)O4)Oc4ccc(cc4Cl)[C@@H](O)[C@H](NC2=O)C(=O)N[C@@H]3C(=O)O)cc1. The fraction of sp³-hybridized carbons (Fsp3) is 0.464. The topological polar surface area (TPSA) is 607 Å². The number of carboxylic acid groups (broad SMARTS) is 1. The number of aromatic hydroxyl groups is 2. The first-order chi connectivity index (χ1) is 59.3. The van der Waals surface area contributed by atoms with Crippen LogP contribution in [0.5, 0.6) is 46.0 Å². The Hall–Kier alpha value is -10.9. The second-order valence-electron chi connectivity index (χ2n) is 31.8. The lowest BCUT2D eigenvalue weighted by Gasteiger charge is -2.48. The largest absolute Gasteiger partial charge is 0.508 e. The van der Waals surface area contributed by atoms with Gasteiger partial charge in [-0.2, -0.15) is 0 Å². The Morgan fingerprint density at radius 3 is 2.03 bits per heavy atom. The summed E-state index contributed by atoms with van der Waals surface area (Å²) in [5.74, 6) is -14.8. The lowest BCUT2D eigenvalue weighted by molar-refractivity contribution is -0.334. The molecular weight excluding hydrogens is 1680 g/mol. The first kappa shape index (κ1) is 94.7. The quantitative estimate of drug-likeness (QED) is 0.0321. The molecule has 0 radical (unpaired) electrons. The number of aliphatic carboxylic acids is 1. The van der Waals surface area contributed by atoms with Crippen molar-refractivity contribution in [1.82, 2.24) is 52.6 Å². The van der Waals surface area contributed by atoms with E-state index < -0.39 is 243 Å². The van der Waals surface area contributed by atoms with Crippen LogP contribution in [-0.4, -0.2) is 226 Å². The van der Waals surface area contributed by atoms with E-state index in [0.29, 0.717) is 12.4 Å². The van der Waals surface area contributed by atoms with E-state index in [1.54, 1.807) is 0 Å². The predicted octanol–water partition coefficient (Wildman–Crippen LogP) is 1.12. The highest BCUT2D eigenvalue weighted by Gasteiger charge is 2.53. The Labute approximate surface area is 723 Å². The zero-order valence-corrected chi connectivity index (χ0v) is 71.0. The van der Waals surface area contributed by atoms with Crippen LogP contribution < -0.4 is 83.0 Å². The van der Waals surface area contributed by atoms with Gasteiger partial charge in [-0.05, 0) is 177 Å². The number of halogens is 1. The van der Waals surface area contributed by atoms with Crippen LogP contribution in [0.15, 0.2) is 102 Å². The number of unbranched alkanes of at least 4 members (excludes halogenated alkanes) is 2. The number of carbonyl (C=O) groups is 9. The van der Waals surface area contributed by atoms with Crippen molar-refractivity contribution < 1.29 is 131 Å². The van der Waals surface area contributed by atoms with E-state index in [1.807, 2.05) is 20.8 Å². The zero-order valence-electron chi connectivity index (χ0n) is 69.4. The van der Waals surface area contributed by atoms with E-state index in [9.17, 15) is 73.6 Å². The average molecular weight is 1780 g/mol. The molecule has 0 unspecified atom stereocenters. The lowest BCUT2D eigenvalue weighted by atomic mass is 9.85. The molecule has 7 aliphatic rings. The van der Waals surface area contributed by atoms with Gasteiger partial charge in [-0.25, -0.2) is 17.9 Å². The number of primary amides is 1. The summed E-state index contributed by atoms with van der Waals surface area (Å²) in [5.41, 5.74) is 8.08. The van der Waals surface area contributed by atoms with Crippen molar-refractivity contribution in [2.45, 2.75) is 208 Å². The third-order valence-electron chi connectivity index (χ3n) is 22.2. The van der Waals surface area contributed by atoms with Crippen LogP contribution in [0.4, 0.5) is 0 Å². The number of aliphatic hydroxyl groups excluding tert-OH is 6. The predicted molar refractivity (Wildman–Crippen MR) is 443 cm³/mol. The molecule has 7 heterocycles. The summed E-state index contributed by atoms with van der Waals surface area (Å²) < 4.78 is 74.4. The van der Waals surface area contributed by atoms with E-state index in [4.69, 9.17) is 56.2 Å². The van der Waals surface area contributed by atoms with E-state index in [1.165, 1.54) is 77.2 Å². The third-order valence-corrected chi connectivity index (χ3v) is 24.0. The number of phenolic OH excluding ortho intramolecular Hbond substituents is 2. The van der Waals surface area contributed by atoms with Gasteiger partial charge in [0, 0.05) is 37.2 Å². The van der Waals surface area contributed by atoms with Crippen molar-refractivity contribution in [2.75, 3.05) is 39.9 Å². The number of phenols is 2. The third kappa shape index (κ3) is 21.8. The van der Waals surface area contributed by atoms with Crippen molar-refractivity contribution in [1.29, 1.82) is 0 Å². The molecular formula is C84H105ClN12O27S. The van der Waals surface area contributed by atoms with Crippen LogP contribution in [0.2, 0.25) is 5.02 Å². The minimum atomic E-state index is -4.09. The minimum absolute atomic E-state index is 0.0185. The number of likely N-dealkylation sites (N-methyl/N-ethyl adjacent to an activating group) is 1. The number of aliphatic hydroxyl groups is 6. The monoisotopic (exact) mass is 1780 g/mol. The number of benzene rings is 6. The van der Waals surface area contributed by atoms with Gasteiger partial charge in [0.1, 0.15) is 95.6 Å². The average Bonchev–Trinajstić information content (AvgIpc) is 0.757. The molecule has 6 aromatic carbocycles. The minimum Gasteiger partial charge on any atom is -0.508 e. The molecule has 18 atom stereocenters. The molecule has 0 aliphatic carbocycles. The molecule has 23 N–H and O–H groups in total. The number of carboxylic acids is 1. The Kier molecular flexibility index (Phi) is 30.8. The smallest absolute Gasteiger partial charge is 0.330 e. The summed E-state index contributed by atoms with van der Waals surface area (Å²) >= 11 is 7.19. The zero-order chi connectivity index (χ0) is 91.0. The molecule has 8 amide bonds. The Morgan fingerprint density at radius 2 is 1.39 bits per heavy atom. The maximum absolute atomic E-state index is 16.5. The molecule has 2 saturated heterocycles. The van der Waals surface area contributed by atoms with Gasteiger partial charge in [-0.1, -0.05) is 63.4 Å². The highest BCUT2D eigenvalue weighted by Crippen LogP contribution is 2.50. The van der Waals surface area contributed by atoms with Crippen molar-refractivity contribution in [3.8, 4) is 57.1 Å². The molecule has 39 nitrogen and oxygen atoms in total. The number of rotatable bonds is 27. The molecule has 676 valence electrons. The number of fused-ring (bicyclic) bond motifs is 15. The number of aryl methyl sites for hydroxylation is 1. The van der Waals surface area contributed by atoms with Crippen LogP contribution in [0.1, 0.15) is 148 Å². The molecule has 0 saturated carbocycles. The molecule has 6 aromatic rings. The molecule has 125 heavy (non-hydrogen) atoms. The van der Waals surface area contributed by atoms with Gasteiger partial charge < -0.3 is 138 Å². The second kappa shape index (κ2) is 40.6. The molecule has 7 aliphatic heterocycles. The summed E-state index contributed by atoms with van der Waals surface area (Å²) in [7, 11) is -2.61. The van der Waals surface area contributed by atoms with E-state index in [-0.39, 0.29) is 93.5 Å². The number of nitrogens with two attached hydrogens (primary N) is 2. The van der Waals surface area contributed by atoms with Crippen molar-refractivity contribution in [2.24, 2.45) is 17.4 Å². The number of nitrogens with one attached hydrogen (secondary N) is 10. The number of carbonyl (C=O) groups excluding carboxylic acids is 8. The van der Waals surface area contributed by atoms with E-state index in [0.717, 1.165) is 73.9 Å². The van der Waals surface area contributed by atoms with Gasteiger partial charge in [0.2, 0.25) is 69.3 Å². The van der Waals surface area contributed by atoms with Gasteiger partial charge in [-0.15, -0.1) is 0 Å². The molecule has 41 heteroatoms. The second-order valence-corrected chi connectivity index (χ2v) is 34.0. The van der Waals surface area contributed by atoms with Crippen LogP contribution in [0.3, 0.4) is 0 Å². The fourth-order valence-electron chi connectivity index (χ4n) is 15.5. The number of sulfonamides is 1. The van der Waals surface area contributed by atoms with Crippen LogP contribution >= 0.6 is 11.6 Å². The maximum Gasteiger partial charge on any atom is 0.330 e. The first-order valence-electron chi connectivity index (χ1n) is 40.5. The summed E-state index contributed by atoms with van der Waals surface area (Å²) in [4.78, 5) is 133. The van der Waals surface area contributed by atoms with E-state index in [2.05, 4.69) is 52.6 Å². The number of ether oxygens (including phenoxy) is 7. The molecule has 11 bridgehead atoms. The molecule has 13 rings (SSSR count). The number of hydrogen-bond donors (Lipinski definition) is 21. The first-order valence-corrected chi connectivity index (χ1v) is 42.3. The Bertz CT molecular complexity index is 5150. The fourth-order valence-corrected chi connectivity index (χ4v) is 16.8. The van der Waals surface area contributed by atoms with Crippen LogP contribution in [-0.2, 0) is 73.9 Å². The molecule has 0 aromatic heterocycles. The molecule has 0 spiro atoms. The Morgan fingerprint density at radius 1 is 0.736 bits per heavy atom. The van der Waals surface area contributed by atoms with Gasteiger partial charge in [-0.3, -0.25) is 38.4 Å². The maximum atomic E-state index is 16.5. The van der Waals surface area contributed by atoms with Crippen LogP contribution in [0.25, 0.3) is 11.1 Å². The number of hydrogen-bond acceptors (Lipinski definition) is 29. The Balaban J connectivity index is 1.09. The highest BCUT2D eigenvalue weighted by atomic mass is 35.5. The van der Waals surface area contributed by atoms with Crippen LogP contribution in [0, 0.1) is 19.8 Å². The van der Waals surface area contributed by atoms with Gasteiger partial charge >= 0.3 is 5.97 Å². The molecule has 2 fully saturated rings. The van der Waals surface area contributed by atoms with Gasteiger partial charge in [0.25, 0.3) is 0 Å². The lowest BCUT2D eigenvalue weighted by Crippen LogP contribution is -2.66.